The Kier molecular flexibility index (Phi) is 2.52. The van der Waals surface area contributed by atoms with Crippen LogP contribution < -0.4 is 0 Å². The van der Waals surface area contributed by atoms with E-state index in [2.05, 4.69) is 0 Å². The molecule has 1 aromatic heterocycles. The fourth-order valence-electron chi connectivity index (χ4n) is 2.86. The van der Waals surface area contributed by atoms with E-state index in [1.807, 2.05) is 62.7 Å². The molecule has 2 aromatic carbocycles. The number of fused-ring (bicyclic) bond motifs is 3. The van der Waals surface area contributed by atoms with Gasteiger partial charge in [0.15, 0.2) is 5.75 Å². The molecule has 0 fully saturated rings. The molecule has 1 radical (unpaired) electrons. The van der Waals surface area contributed by atoms with Crippen LogP contribution in [0.1, 0.15) is 26.3 Å². The van der Waals surface area contributed by atoms with Crippen molar-refractivity contribution in [1.29, 1.82) is 0 Å². The molecule has 0 saturated carbocycles. The van der Waals surface area contributed by atoms with E-state index in [1.54, 1.807) is 0 Å². The average molecular weight is 268 g/mol. The highest BCUT2D eigenvalue weighted by Gasteiger charge is 2.26. The number of rotatable bonds is 0. The Morgan fingerprint density at radius 2 is 1.75 bits per heavy atom. The van der Waals surface area contributed by atoms with Crippen LogP contribution in [0.15, 0.2) is 30.3 Å². The molecule has 0 unspecified atom stereocenters. The summed E-state index contributed by atoms with van der Waals surface area (Å²) in [4.78, 5) is 0. The number of aromatic nitrogens is 1. The Morgan fingerprint density at radius 3 is 2.40 bits per heavy atom. The molecule has 1 heterocycles. The zero-order valence-corrected chi connectivity index (χ0v) is 12.2. The lowest BCUT2D eigenvalue weighted by molar-refractivity contribution is 0.314. The first-order valence-electron chi connectivity index (χ1n) is 6.73. The van der Waals surface area contributed by atoms with E-state index in [0.717, 1.165) is 16.3 Å². The molecular formula is C17H18NO2. The van der Waals surface area contributed by atoms with E-state index in [4.69, 9.17) is 0 Å². The first kappa shape index (κ1) is 12.9. The molecule has 0 saturated heterocycles. The average Bonchev–Trinajstić information content (AvgIpc) is 2.67. The molecule has 0 atom stereocenters. The second-order valence-electron chi connectivity index (χ2n) is 6.32. The molecular weight excluding hydrogens is 250 g/mol. The minimum atomic E-state index is -0.292. The van der Waals surface area contributed by atoms with E-state index in [-0.39, 0.29) is 16.9 Å². The lowest BCUT2D eigenvalue weighted by atomic mass is 9.85. The SMILES string of the molecule is Cn1c2ccccc2c2cc(C(C)(C)C)c([O])c(O)c21. The van der Waals surface area contributed by atoms with Crippen LogP contribution in [0.2, 0.25) is 0 Å². The number of nitrogens with zero attached hydrogens (tertiary/aromatic N) is 1. The first-order valence-corrected chi connectivity index (χ1v) is 6.73. The van der Waals surface area contributed by atoms with E-state index >= 15 is 0 Å². The van der Waals surface area contributed by atoms with Gasteiger partial charge < -0.3 is 9.67 Å². The van der Waals surface area contributed by atoms with Gasteiger partial charge in [0.2, 0.25) is 5.75 Å². The summed E-state index contributed by atoms with van der Waals surface area (Å²) >= 11 is 0. The maximum absolute atomic E-state index is 12.4. The van der Waals surface area contributed by atoms with Gasteiger partial charge in [-0.25, -0.2) is 0 Å². The van der Waals surface area contributed by atoms with Gasteiger partial charge in [0.1, 0.15) is 0 Å². The number of aromatic hydroxyl groups is 1. The third-order valence-corrected chi connectivity index (χ3v) is 3.93. The number of hydrogen-bond donors (Lipinski definition) is 1. The first-order chi connectivity index (χ1) is 9.32. The summed E-state index contributed by atoms with van der Waals surface area (Å²) in [6.45, 7) is 5.96. The molecule has 20 heavy (non-hydrogen) atoms. The van der Waals surface area contributed by atoms with E-state index < -0.39 is 0 Å². The summed E-state index contributed by atoms with van der Waals surface area (Å²) in [6, 6.07) is 9.88. The molecule has 0 aliphatic heterocycles. The van der Waals surface area contributed by atoms with Crippen LogP contribution in [-0.4, -0.2) is 9.67 Å². The topological polar surface area (TPSA) is 45.1 Å². The highest BCUT2D eigenvalue weighted by Crippen LogP contribution is 2.45. The van der Waals surface area contributed by atoms with Gasteiger partial charge in [0.25, 0.3) is 0 Å². The Morgan fingerprint density at radius 1 is 1.10 bits per heavy atom. The summed E-state index contributed by atoms with van der Waals surface area (Å²) in [7, 11) is 1.88. The Labute approximate surface area is 118 Å². The number of hydrogen-bond acceptors (Lipinski definition) is 1. The van der Waals surface area contributed by atoms with Gasteiger partial charge in [-0.1, -0.05) is 39.0 Å². The minimum absolute atomic E-state index is 0.147. The summed E-state index contributed by atoms with van der Waals surface area (Å²) in [5.41, 5.74) is 1.99. The van der Waals surface area contributed by atoms with E-state index in [0.29, 0.717) is 11.1 Å². The molecule has 0 spiro atoms. The molecule has 0 aliphatic rings. The van der Waals surface area contributed by atoms with Gasteiger partial charge >= 0.3 is 0 Å². The highest BCUT2D eigenvalue weighted by atomic mass is 16.3. The number of benzene rings is 2. The predicted octanol–water partition coefficient (Wildman–Crippen LogP) is 4.48. The molecule has 0 amide bonds. The van der Waals surface area contributed by atoms with Crippen molar-refractivity contribution in [2.24, 2.45) is 7.05 Å². The Bertz CT molecular complexity index is 822. The van der Waals surface area contributed by atoms with Crippen LogP contribution in [0.3, 0.4) is 0 Å². The van der Waals surface area contributed by atoms with Crippen molar-refractivity contribution in [3.63, 3.8) is 0 Å². The molecule has 0 bridgehead atoms. The van der Waals surface area contributed by atoms with Crippen LogP contribution in [0.25, 0.3) is 21.8 Å². The molecule has 3 nitrogen and oxygen atoms in total. The van der Waals surface area contributed by atoms with Gasteiger partial charge in [-0.05, 0) is 17.5 Å². The lowest BCUT2D eigenvalue weighted by Gasteiger charge is -2.20. The summed E-state index contributed by atoms with van der Waals surface area (Å²) in [6.07, 6.45) is 0. The molecule has 3 rings (SSSR count). The Balaban J connectivity index is 2.57. The number of phenolic OH excluding ortho intramolecular Hbond substituents is 1. The maximum Gasteiger partial charge on any atom is 0.226 e. The zero-order valence-electron chi connectivity index (χ0n) is 12.2. The molecule has 103 valence electrons. The molecule has 3 aromatic rings. The van der Waals surface area contributed by atoms with Crippen molar-refractivity contribution < 1.29 is 10.2 Å². The van der Waals surface area contributed by atoms with Crippen molar-refractivity contribution in [3.05, 3.63) is 35.9 Å². The molecule has 1 N–H and O–H groups in total. The smallest absolute Gasteiger partial charge is 0.226 e. The van der Waals surface area contributed by atoms with E-state index in [9.17, 15) is 10.2 Å². The van der Waals surface area contributed by atoms with E-state index in [1.165, 1.54) is 0 Å². The summed E-state index contributed by atoms with van der Waals surface area (Å²) in [5.74, 6) is -0.415. The second-order valence-corrected chi connectivity index (χ2v) is 6.32. The van der Waals surface area contributed by atoms with Crippen LogP contribution in [-0.2, 0) is 17.6 Å². The van der Waals surface area contributed by atoms with Crippen molar-refractivity contribution in [1.82, 2.24) is 4.57 Å². The molecule has 3 heteroatoms. The highest BCUT2D eigenvalue weighted by molar-refractivity contribution is 6.11. The normalized spacial score (nSPS) is 12.4. The monoisotopic (exact) mass is 268 g/mol. The third-order valence-electron chi connectivity index (χ3n) is 3.93. The van der Waals surface area contributed by atoms with Gasteiger partial charge in [0, 0.05) is 28.9 Å². The van der Waals surface area contributed by atoms with Crippen molar-refractivity contribution in [2.45, 2.75) is 26.2 Å². The summed E-state index contributed by atoms with van der Waals surface area (Å²) in [5, 5.41) is 24.7. The fourth-order valence-corrected chi connectivity index (χ4v) is 2.86. The van der Waals surface area contributed by atoms with Gasteiger partial charge in [0.05, 0.1) is 5.52 Å². The second kappa shape index (κ2) is 3.92. The zero-order chi connectivity index (χ0) is 14.7. The van der Waals surface area contributed by atoms with Gasteiger partial charge in [-0.15, -0.1) is 0 Å². The van der Waals surface area contributed by atoms with Gasteiger partial charge in [-0.2, -0.15) is 0 Å². The van der Waals surface area contributed by atoms with Crippen LogP contribution >= 0.6 is 0 Å². The third kappa shape index (κ3) is 1.59. The number of phenols is 1. The minimum Gasteiger partial charge on any atom is -0.503 e. The van der Waals surface area contributed by atoms with Crippen molar-refractivity contribution in [3.8, 4) is 11.5 Å². The number of aryl methyl sites for hydroxylation is 1. The summed E-state index contributed by atoms with van der Waals surface area (Å²) < 4.78 is 1.88. The quantitative estimate of drug-likeness (QED) is 0.642. The van der Waals surface area contributed by atoms with Gasteiger partial charge in [-0.3, -0.25) is 5.11 Å². The fraction of sp³-hybridized carbons (Fsp3) is 0.294. The predicted molar refractivity (Wildman–Crippen MR) is 80.9 cm³/mol. The van der Waals surface area contributed by atoms with Crippen LogP contribution in [0, 0.1) is 0 Å². The van der Waals surface area contributed by atoms with Crippen molar-refractivity contribution >= 4 is 21.8 Å². The van der Waals surface area contributed by atoms with Crippen molar-refractivity contribution in [2.75, 3.05) is 0 Å². The van der Waals surface area contributed by atoms with Crippen LogP contribution in [0.4, 0.5) is 0 Å². The largest absolute Gasteiger partial charge is 0.503 e. The lowest BCUT2D eigenvalue weighted by Crippen LogP contribution is -2.11. The van der Waals surface area contributed by atoms with Crippen LogP contribution in [0.5, 0.6) is 11.5 Å². The number of para-hydroxylation sites is 1. The molecule has 0 aliphatic carbocycles. The Hall–Kier alpha value is -2.16. The maximum atomic E-state index is 12.4. The standard InChI is InChI=1S/C17H18NO2/c1-17(2,3)12-9-11-10-7-5-6-8-13(10)18(4)14(11)16(20)15(12)19/h5-9,20H,1-4H3.